The van der Waals surface area contributed by atoms with Crippen molar-refractivity contribution in [2.45, 2.75) is 44.7 Å². The molecular weight excluding hydrogens is 569 g/mol. The van der Waals surface area contributed by atoms with Crippen molar-refractivity contribution >= 4 is 40.6 Å². The molecule has 1 fully saturated rings. The van der Waals surface area contributed by atoms with Gasteiger partial charge in [-0.25, -0.2) is 0 Å². The quantitative estimate of drug-likeness (QED) is 0.286. The largest absolute Gasteiger partial charge is 0.492 e. The summed E-state index contributed by atoms with van der Waals surface area (Å²) in [4.78, 5) is 29.9. The highest BCUT2D eigenvalue weighted by atomic mass is 35.5. The Bertz CT molecular complexity index is 1440. The average molecular weight is 607 g/mol. The van der Waals surface area contributed by atoms with Crippen LogP contribution in [-0.4, -0.2) is 67.0 Å². The summed E-state index contributed by atoms with van der Waals surface area (Å²) < 4.78 is 5.84. The lowest BCUT2D eigenvalue weighted by Crippen LogP contribution is -2.61. The molecule has 6 nitrogen and oxygen atoms in total. The fourth-order valence-electron chi connectivity index (χ4n) is 5.80. The number of nitrogens with one attached hydrogen (secondary N) is 1. The molecule has 0 radical (unpaired) electrons. The molecule has 0 aliphatic carbocycles. The van der Waals surface area contributed by atoms with Crippen LogP contribution in [0.5, 0.6) is 5.75 Å². The van der Waals surface area contributed by atoms with E-state index < -0.39 is 0 Å². The Kier molecular flexibility index (Phi) is 9.88. The van der Waals surface area contributed by atoms with Gasteiger partial charge in [-0.3, -0.25) is 9.59 Å². The Morgan fingerprint density at radius 1 is 0.976 bits per heavy atom. The zero-order chi connectivity index (χ0) is 29.6. The van der Waals surface area contributed by atoms with Crippen LogP contribution >= 0.6 is 23.2 Å². The molecule has 3 aromatic carbocycles. The van der Waals surface area contributed by atoms with Crippen LogP contribution in [0.15, 0.2) is 78.4 Å². The van der Waals surface area contributed by atoms with Crippen LogP contribution in [0.2, 0.25) is 10.0 Å². The van der Waals surface area contributed by atoms with E-state index in [1.807, 2.05) is 35.0 Å². The number of aryl methyl sites for hydroxylation is 1. The van der Waals surface area contributed by atoms with Gasteiger partial charge in [0.25, 0.3) is 5.91 Å². The molecule has 2 unspecified atom stereocenters. The monoisotopic (exact) mass is 605 g/mol. The van der Waals surface area contributed by atoms with E-state index >= 15 is 0 Å². The highest BCUT2D eigenvalue weighted by Gasteiger charge is 2.39. The molecule has 2 aliphatic rings. The minimum absolute atomic E-state index is 0.0179. The van der Waals surface area contributed by atoms with Crippen molar-refractivity contribution in [3.63, 3.8) is 0 Å². The molecule has 5 rings (SSSR count). The Labute approximate surface area is 258 Å². The molecule has 1 N–H and O–H groups in total. The number of fused-ring (bicyclic) bond motifs is 2. The zero-order valence-electron chi connectivity index (χ0n) is 24.1. The first kappa shape index (κ1) is 30.1. The zero-order valence-corrected chi connectivity index (χ0v) is 25.6. The maximum Gasteiger partial charge on any atom is 0.251 e. The first-order chi connectivity index (χ1) is 20.3. The molecule has 3 aromatic rings. The van der Waals surface area contributed by atoms with Crippen LogP contribution in [0.3, 0.4) is 0 Å². The van der Waals surface area contributed by atoms with E-state index in [1.165, 1.54) is 11.1 Å². The van der Waals surface area contributed by atoms with E-state index in [-0.39, 0.29) is 23.9 Å². The topological polar surface area (TPSA) is 61.9 Å². The molecule has 2 atom stereocenters. The average Bonchev–Trinajstić information content (AvgIpc) is 2.99. The Morgan fingerprint density at radius 2 is 1.71 bits per heavy atom. The predicted molar refractivity (Wildman–Crippen MR) is 169 cm³/mol. The summed E-state index contributed by atoms with van der Waals surface area (Å²) in [6, 6.07) is 23.9. The third-order valence-corrected chi connectivity index (χ3v) is 8.60. The van der Waals surface area contributed by atoms with Crippen LogP contribution in [0.25, 0.3) is 5.57 Å². The van der Waals surface area contributed by atoms with Gasteiger partial charge in [0.1, 0.15) is 5.75 Å². The number of nitrogens with zero attached hydrogens (tertiary/aromatic N) is 2. The molecule has 8 heteroatoms. The van der Waals surface area contributed by atoms with Crippen LogP contribution in [0.4, 0.5) is 0 Å². The van der Waals surface area contributed by atoms with Crippen LogP contribution in [-0.2, 0) is 22.4 Å². The second-order valence-corrected chi connectivity index (χ2v) is 12.0. The molecule has 0 saturated carbocycles. The van der Waals surface area contributed by atoms with E-state index in [0.29, 0.717) is 48.5 Å². The number of hydrogen-bond acceptors (Lipinski definition) is 4. The number of carbonyl (C=O) groups is 2. The van der Waals surface area contributed by atoms with Crippen LogP contribution in [0, 0.1) is 0 Å². The first-order valence-electron chi connectivity index (χ1n) is 14.5. The number of likely N-dealkylation sites (N-methyl/N-ethyl adjacent to an activating group) is 1. The Hall–Kier alpha value is -3.32. The molecule has 0 spiro atoms. The number of hydrogen-bond donors (Lipinski definition) is 1. The lowest BCUT2D eigenvalue weighted by molar-refractivity contribution is -0.132. The van der Waals surface area contributed by atoms with Crippen molar-refractivity contribution in [2.24, 2.45) is 0 Å². The normalized spacial score (nSPS) is 18.1. The van der Waals surface area contributed by atoms with Gasteiger partial charge in [-0.2, -0.15) is 0 Å². The van der Waals surface area contributed by atoms with Gasteiger partial charge in [-0.15, -0.1) is 0 Å². The van der Waals surface area contributed by atoms with Crippen molar-refractivity contribution in [1.82, 2.24) is 15.1 Å². The minimum Gasteiger partial charge on any atom is -0.492 e. The number of halogens is 2. The number of carbonyl (C=O) groups excluding carboxylic acids is 2. The third kappa shape index (κ3) is 7.35. The predicted octanol–water partition coefficient (Wildman–Crippen LogP) is 6.05. The van der Waals surface area contributed by atoms with Crippen molar-refractivity contribution in [3.8, 4) is 5.75 Å². The van der Waals surface area contributed by atoms with Gasteiger partial charge in [-0.05, 0) is 66.1 Å². The van der Waals surface area contributed by atoms with Gasteiger partial charge in [0, 0.05) is 50.2 Å². The van der Waals surface area contributed by atoms with Gasteiger partial charge in [0.2, 0.25) is 5.91 Å². The second-order valence-electron chi connectivity index (χ2n) is 11.1. The molecule has 42 heavy (non-hydrogen) atoms. The van der Waals surface area contributed by atoms with Crippen molar-refractivity contribution in [3.05, 3.63) is 105 Å². The number of piperazine rings is 1. The number of amides is 2. The summed E-state index contributed by atoms with van der Waals surface area (Å²) in [5, 5.41) is 4.73. The first-order valence-corrected chi connectivity index (χ1v) is 15.2. The molecule has 2 heterocycles. The standard InChI is InChI=1S/C34H37Cl2N3O3/c1-23(40)39-21-28-20-29(33(31(22-39)37-28)34(41)38(2)17-16-24-7-4-3-5-8-24)26-12-10-25(11-13-26)9-6-18-42-32-15-14-27(35)19-30(32)36/h3-5,7-8,10-15,19,28,31,37H,6,9,16-18,20-22H2,1-2H3. The lowest BCUT2D eigenvalue weighted by atomic mass is 9.82. The van der Waals surface area contributed by atoms with Gasteiger partial charge >= 0.3 is 0 Å². The summed E-state index contributed by atoms with van der Waals surface area (Å²) in [6.07, 6.45) is 3.18. The van der Waals surface area contributed by atoms with Gasteiger partial charge < -0.3 is 19.9 Å². The number of benzene rings is 3. The van der Waals surface area contributed by atoms with Crippen molar-refractivity contribution < 1.29 is 14.3 Å². The van der Waals surface area contributed by atoms with E-state index in [4.69, 9.17) is 27.9 Å². The van der Waals surface area contributed by atoms with E-state index in [9.17, 15) is 9.59 Å². The summed E-state index contributed by atoms with van der Waals surface area (Å²) in [6.45, 7) is 3.92. The Morgan fingerprint density at radius 3 is 2.43 bits per heavy atom. The highest BCUT2D eigenvalue weighted by Crippen LogP contribution is 2.34. The SMILES string of the molecule is CC(=O)N1CC2CC(c3ccc(CCCOc4ccc(Cl)cc4Cl)cc3)=C(C(=O)N(C)CCc3ccccc3)C(C1)N2. The lowest BCUT2D eigenvalue weighted by Gasteiger charge is -2.44. The fraction of sp³-hybridized carbons (Fsp3) is 0.353. The maximum atomic E-state index is 14.0. The summed E-state index contributed by atoms with van der Waals surface area (Å²) in [7, 11) is 1.87. The molecule has 2 aliphatic heterocycles. The number of rotatable bonds is 10. The van der Waals surface area contributed by atoms with Crippen molar-refractivity contribution in [2.75, 3.05) is 33.3 Å². The molecule has 2 bridgehead atoms. The fourth-order valence-corrected chi connectivity index (χ4v) is 6.26. The van der Waals surface area contributed by atoms with E-state index in [1.54, 1.807) is 25.1 Å². The smallest absolute Gasteiger partial charge is 0.251 e. The minimum atomic E-state index is -0.195. The van der Waals surface area contributed by atoms with E-state index in [0.717, 1.165) is 36.0 Å². The summed E-state index contributed by atoms with van der Waals surface area (Å²) in [5.74, 6) is 0.698. The van der Waals surface area contributed by atoms with Crippen LogP contribution < -0.4 is 10.1 Å². The van der Waals surface area contributed by atoms with E-state index in [2.05, 4.69) is 41.7 Å². The molecule has 1 saturated heterocycles. The van der Waals surface area contributed by atoms with Gasteiger partial charge in [0.15, 0.2) is 0 Å². The third-order valence-electron chi connectivity index (χ3n) is 8.07. The molecule has 0 aromatic heterocycles. The highest BCUT2D eigenvalue weighted by molar-refractivity contribution is 6.35. The van der Waals surface area contributed by atoms with Crippen molar-refractivity contribution in [1.29, 1.82) is 0 Å². The number of ether oxygens (including phenoxy) is 1. The summed E-state index contributed by atoms with van der Waals surface area (Å²) >= 11 is 12.2. The molecule has 2 amide bonds. The molecule has 220 valence electrons. The Balaban J connectivity index is 1.30. The summed E-state index contributed by atoms with van der Waals surface area (Å²) in [5.41, 5.74) is 5.32. The van der Waals surface area contributed by atoms with Gasteiger partial charge in [0.05, 0.1) is 17.7 Å². The van der Waals surface area contributed by atoms with Crippen LogP contribution in [0.1, 0.15) is 36.5 Å². The van der Waals surface area contributed by atoms with Gasteiger partial charge in [-0.1, -0.05) is 77.8 Å². The second kappa shape index (κ2) is 13.8. The molecular formula is C34H37Cl2N3O3. The maximum absolute atomic E-state index is 14.0.